The summed E-state index contributed by atoms with van der Waals surface area (Å²) in [6.07, 6.45) is -0.952. The summed E-state index contributed by atoms with van der Waals surface area (Å²) < 4.78 is 39.7. The molecule has 8 heteroatoms. The van der Waals surface area contributed by atoms with Gasteiger partial charge in [-0.3, -0.25) is 0 Å². The number of nitrogens with zero attached hydrogens (tertiary/aromatic N) is 3. The van der Waals surface area contributed by atoms with Gasteiger partial charge in [0.25, 0.3) is 6.43 Å². The third-order valence-electron chi connectivity index (χ3n) is 5.32. The van der Waals surface area contributed by atoms with Gasteiger partial charge in [-0.05, 0) is 51.4 Å². The number of halogens is 2. The van der Waals surface area contributed by atoms with Crippen molar-refractivity contribution < 1.29 is 18.1 Å². The van der Waals surface area contributed by atoms with Crippen LogP contribution in [0.15, 0.2) is 42.6 Å². The van der Waals surface area contributed by atoms with Gasteiger partial charge >= 0.3 is 7.12 Å². The number of fused-ring (bicyclic) bond motifs is 1. The summed E-state index contributed by atoms with van der Waals surface area (Å²) in [7, 11) is -0.511. The molecule has 0 unspecified atom stereocenters. The topological polar surface area (TPSA) is 49.2 Å². The first-order chi connectivity index (χ1) is 12.7. The molecule has 3 aromatic rings. The molecule has 0 aliphatic carbocycles. The minimum Gasteiger partial charge on any atom is -0.399 e. The van der Waals surface area contributed by atoms with Crippen molar-refractivity contribution in [3.63, 3.8) is 0 Å². The molecular weight excluding hydrogens is 351 g/mol. The second kappa shape index (κ2) is 6.10. The van der Waals surface area contributed by atoms with E-state index in [0.717, 1.165) is 16.4 Å². The number of alkyl halides is 2. The Morgan fingerprint density at radius 2 is 1.74 bits per heavy atom. The molecule has 1 aliphatic heterocycles. The monoisotopic (exact) mass is 371 g/mol. The standard InChI is InChI=1S/C19H20BF2N3O2/c1-18(2)19(3,4)27-20(26-18)13-9-8-12-11-23-25(15(12)10-13)16-7-5-6-14(24-16)17(21)22/h5-11,17H,1-4H3. The van der Waals surface area contributed by atoms with Crippen molar-refractivity contribution in [2.75, 3.05) is 0 Å². The zero-order valence-corrected chi connectivity index (χ0v) is 15.6. The van der Waals surface area contributed by atoms with Crippen molar-refractivity contribution in [3.8, 4) is 5.82 Å². The first-order valence-corrected chi connectivity index (χ1v) is 8.77. The van der Waals surface area contributed by atoms with Gasteiger partial charge in [-0.25, -0.2) is 18.4 Å². The van der Waals surface area contributed by atoms with E-state index in [1.165, 1.54) is 6.07 Å². The van der Waals surface area contributed by atoms with Gasteiger partial charge in [0.15, 0.2) is 5.82 Å². The predicted octanol–water partition coefficient (Wildman–Crippen LogP) is 3.66. The quantitative estimate of drug-likeness (QED) is 0.660. The minimum atomic E-state index is -2.63. The predicted molar refractivity (Wildman–Crippen MR) is 99.5 cm³/mol. The Hall–Kier alpha value is -2.32. The van der Waals surface area contributed by atoms with Crippen molar-refractivity contribution in [2.24, 2.45) is 0 Å². The molecule has 3 heterocycles. The highest BCUT2D eigenvalue weighted by molar-refractivity contribution is 6.62. The Kier molecular flexibility index (Phi) is 4.08. The van der Waals surface area contributed by atoms with Crippen LogP contribution in [-0.4, -0.2) is 33.1 Å². The Labute approximate surface area is 156 Å². The Morgan fingerprint density at radius 1 is 1.04 bits per heavy atom. The maximum Gasteiger partial charge on any atom is 0.494 e. The maximum atomic E-state index is 13.0. The number of benzene rings is 1. The molecule has 0 atom stereocenters. The number of rotatable bonds is 3. The van der Waals surface area contributed by atoms with E-state index in [4.69, 9.17) is 9.31 Å². The zero-order chi connectivity index (χ0) is 19.4. The molecule has 4 rings (SSSR count). The zero-order valence-electron chi connectivity index (χ0n) is 15.6. The highest BCUT2D eigenvalue weighted by Crippen LogP contribution is 2.36. The molecule has 0 N–H and O–H groups in total. The molecule has 0 amide bonds. The Morgan fingerprint density at radius 3 is 2.41 bits per heavy atom. The van der Waals surface area contributed by atoms with Crippen LogP contribution in [0.1, 0.15) is 39.8 Å². The molecule has 0 saturated carbocycles. The van der Waals surface area contributed by atoms with Crippen LogP contribution in [0.5, 0.6) is 0 Å². The van der Waals surface area contributed by atoms with Gasteiger partial charge in [0.05, 0.1) is 22.9 Å². The van der Waals surface area contributed by atoms with Crippen molar-refractivity contribution in [3.05, 3.63) is 48.3 Å². The van der Waals surface area contributed by atoms with Crippen molar-refractivity contribution in [1.29, 1.82) is 0 Å². The fourth-order valence-corrected chi connectivity index (χ4v) is 3.02. The van der Waals surface area contributed by atoms with Gasteiger partial charge in [0.1, 0.15) is 5.69 Å². The number of hydrogen-bond acceptors (Lipinski definition) is 4. The fraction of sp³-hybridized carbons (Fsp3) is 0.368. The summed E-state index contributed by atoms with van der Waals surface area (Å²) in [6, 6.07) is 10.3. The minimum absolute atomic E-state index is 0.279. The Balaban J connectivity index is 1.76. The summed E-state index contributed by atoms with van der Waals surface area (Å²) in [5.74, 6) is 0.342. The molecule has 0 spiro atoms. The van der Waals surface area contributed by atoms with Gasteiger partial charge < -0.3 is 9.31 Å². The van der Waals surface area contributed by atoms with Crippen LogP contribution in [0.3, 0.4) is 0 Å². The third kappa shape index (κ3) is 3.02. The number of aromatic nitrogens is 3. The summed E-state index contributed by atoms with van der Waals surface area (Å²) in [5, 5.41) is 5.19. The second-order valence-corrected chi connectivity index (χ2v) is 7.68. The maximum absolute atomic E-state index is 13.0. The largest absolute Gasteiger partial charge is 0.494 e. The summed E-state index contributed by atoms with van der Waals surface area (Å²) in [5.41, 5.74) is 0.423. The van der Waals surface area contributed by atoms with Crippen LogP contribution in [0.4, 0.5) is 8.78 Å². The lowest BCUT2D eigenvalue weighted by molar-refractivity contribution is 0.00578. The van der Waals surface area contributed by atoms with E-state index in [2.05, 4.69) is 10.1 Å². The van der Waals surface area contributed by atoms with E-state index in [1.807, 2.05) is 45.9 Å². The average molecular weight is 371 g/mol. The summed E-state index contributed by atoms with van der Waals surface area (Å²) in [4.78, 5) is 4.03. The lowest BCUT2D eigenvalue weighted by Crippen LogP contribution is -2.41. The van der Waals surface area contributed by atoms with E-state index in [-0.39, 0.29) is 5.69 Å². The van der Waals surface area contributed by atoms with Crippen LogP contribution in [0.25, 0.3) is 16.7 Å². The second-order valence-electron chi connectivity index (χ2n) is 7.68. The summed E-state index contributed by atoms with van der Waals surface area (Å²) in [6.45, 7) is 7.98. The molecular formula is C19H20BF2N3O2. The van der Waals surface area contributed by atoms with E-state index < -0.39 is 24.7 Å². The van der Waals surface area contributed by atoms with Crippen LogP contribution < -0.4 is 5.46 Å². The normalized spacial score (nSPS) is 18.6. The molecule has 1 aliphatic rings. The lowest BCUT2D eigenvalue weighted by Gasteiger charge is -2.32. The highest BCUT2D eigenvalue weighted by Gasteiger charge is 2.51. The lowest BCUT2D eigenvalue weighted by atomic mass is 9.79. The molecule has 0 radical (unpaired) electrons. The third-order valence-corrected chi connectivity index (χ3v) is 5.32. The van der Waals surface area contributed by atoms with Gasteiger partial charge in [0.2, 0.25) is 0 Å². The van der Waals surface area contributed by atoms with Crippen molar-refractivity contribution in [1.82, 2.24) is 14.8 Å². The Bertz CT molecular complexity index is 988. The van der Waals surface area contributed by atoms with Gasteiger partial charge in [-0.2, -0.15) is 5.10 Å². The number of hydrogen-bond donors (Lipinski definition) is 0. The van der Waals surface area contributed by atoms with Gasteiger partial charge in [-0.1, -0.05) is 18.2 Å². The molecule has 1 saturated heterocycles. The first-order valence-electron chi connectivity index (χ1n) is 8.77. The van der Waals surface area contributed by atoms with E-state index in [0.29, 0.717) is 5.82 Å². The molecule has 1 fully saturated rings. The molecule has 5 nitrogen and oxygen atoms in total. The molecule has 1 aromatic carbocycles. The summed E-state index contributed by atoms with van der Waals surface area (Å²) >= 11 is 0. The van der Waals surface area contributed by atoms with Gasteiger partial charge in [-0.15, -0.1) is 0 Å². The average Bonchev–Trinajstić information content (AvgIpc) is 3.12. The van der Waals surface area contributed by atoms with Crippen LogP contribution in [-0.2, 0) is 9.31 Å². The van der Waals surface area contributed by atoms with Crippen LogP contribution in [0.2, 0.25) is 0 Å². The molecule has 2 aromatic heterocycles. The van der Waals surface area contributed by atoms with E-state index in [9.17, 15) is 8.78 Å². The van der Waals surface area contributed by atoms with Crippen LogP contribution >= 0.6 is 0 Å². The molecule has 0 bridgehead atoms. The SMILES string of the molecule is CC1(C)OB(c2ccc3cnn(-c4cccc(C(F)F)n4)c3c2)OC1(C)C. The van der Waals surface area contributed by atoms with Crippen molar-refractivity contribution in [2.45, 2.75) is 45.3 Å². The highest BCUT2D eigenvalue weighted by atomic mass is 19.3. The smallest absolute Gasteiger partial charge is 0.399 e. The first kappa shape index (κ1) is 18.1. The van der Waals surface area contributed by atoms with E-state index >= 15 is 0 Å². The van der Waals surface area contributed by atoms with Crippen LogP contribution in [0, 0.1) is 0 Å². The van der Waals surface area contributed by atoms with Gasteiger partial charge in [0, 0.05) is 5.39 Å². The number of pyridine rings is 1. The molecule has 27 heavy (non-hydrogen) atoms. The molecule has 140 valence electrons. The van der Waals surface area contributed by atoms with E-state index in [1.54, 1.807) is 23.0 Å². The van der Waals surface area contributed by atoms with Crippen molar-refractivity contribution >= 4 is 23.5 Å². The fourth-order valence-electron chi connectivity index (χ4n) is 3.02.